The summed E-state index contributed by atoms with van der Waals surface area (Å²) >= 11 is 0. The van der Waals surface area contributed by atoms with E-state index in [2.05, 4.69) is 4.90 Å². The first-order valence-electron chi connectivity index (χ1n) is 10.9. The maximum Gasteiger partial charge on any atom is 0.241 e. The first-order chi connectivity index (χ1) is 14.3. The molecule has 2 amide bonds. The van der Waals surface area contributed by atoms with Gasteiger partial charge in [0.15, 0.2) is 0 Å². The topological polar surface area (TPSA) is 78.0 Å². The van der Waals surface area contributed by atoms with Crippen LogP contribution in [-0.4, -0.2) is 65.8 Å². The Morgan fingerprint density at radius 2 is 1.77 bits per heavy atom. The molecule has 3 aliphatic heterocycles. The molecule has 0 aromatic carbocycles. The van der Waals surface area contributed by atoms with E-state index in [1.165, 1.54) is 0 Å². The van der Waals surface area contributed by atoms with E-state index in [-0.39, 0.29) is 30.3 Å². The molecule has 0 radical (unpaired) electrons. The second-order valence-corrected chi connectivity index (χ2v) is 10.2. The van der Waals surface area contributed by atoms with Gasteiger partial charge in [0.1, 0.15) is 0 Å². The van der Waals surface area contributed by atoms with Gasteiger partial charge >= 0.3 is 0 Å². The van der Waals surface area contributed by atoms with Crippen molar-refractivity contribution in [2.75, 3.05) is 19.3 Å². The first kappa shape index (κ1) is 25.5. The summed E-state index contributed by atoms with van der Waals surface area (Å²) in [5.74, 6) is -0.693. The number of carbonyl (C=O) groups excluding carboxylic acids is 2. The predicted molar refractivity (Wildman–Crippen MR) is 124 cm³/mol. The highest BCUT2D eigenvalue weighted by atomic mass is 35.5. The fraction of sp³-hybridized carbons (Fsp3) is 0.636. The zero-order chi connectivity index (χ0) is 21.7. The smallest absolute Gasteiger partial charge is 0.241 e. The molecule has 174 valence electrons. The van der Waals surface area contributed by atoms with Crippen molar-refractivity contribution in [1.82, 2.24) is 14.1 Å². The van der Waals surface area contributed by atoms with Gasteiger partial charge in [-0.25, -0.2) is 12.7 Å². The van der Waals surface area contributed by atoms with Crippen molar-refractivity contribution in [2.45, 2.75) is 64.0 Å². The summed E-state index contributed by atoms with van der Waals surface area (Å²) in [5, 5.41) is 0. The van der Waals surface area contributed by atoms with Crippen LogP contribution in [0.1, 0.15) is 51.9 Å². The Bertz CT molecular complexity index is 824. The summed E-state index contributed by atoms with van der Waals surface area (Å²) in [6.07, 6.45) is 18.3. The van der Waals surface area contributed by atoms with Gasteiger partial charge in [0.2, 0.25) is 21.8 Å². The lowest BCUT2D eigenvalue weighted by Gasteiger charge is -2.27. The number of rotatable bonds is 9. The monoisotopic (exact) mass is 471 g/mol. The summed E-state index contributed by atoms with van der Waals surface area (Å²) in [6, 6.07) is -0.706. The highest BCUT2D eigenvalue weighted by molar-refractivity contribution is 7.88. The van der Waals surface area contributed by atoms with Gasteiger partial charge in [0.25, 0.3) is 0 Å². The van der Waals surface area contributed by atoms with Crippen LogP contribution in [0.3, 0.4) is 0 Å². The Morgan fingerprint density at radius 1 is 1.10 bits per heavy atom. The summed E-state index contributed by atoms with van der Waals surface area (Å²) in [5.41, 5.74) is 0. The van der Waals surface area contributed by atoms with E-state index in [0.29, 0.717) is 25.8 Å². The summed E-state index contributed by atoms with van der Waals surface area (Å²) in [4.78, 5) is 29.6. The SMILES string of the molecule is CCC[C@H]1C(=O)N(S(C)(=O)=O)[C@H]2CCN(C(=O)CCCCCN3C=CC=CC=C3)[C@H]12.Cl. The average Bonchev–Trinajstić information content (AvgIpc) is 3.08. The lowest BCUT2D eigenvalue weighted by molar-refractivity contribution is -0.134. The van der Waals surface area contributed by atoms with Gasteiger partial charge in [-0.15, -0.1) is 12.4 Å². The highest BCUT2D eigenvalue weighted by Crippen LogP contribution is 2.40. The Hall–Kier alpha value is -1.80. The Balaban J connectivity index is 0.00000341. The molecule has 3 atom stereocenters. The number of allylic oxidation sites excluding steroid dienone is 4. The van der Waals surface area contributed by atoms with Gasteiger partial charge < -0.3 is 9.80 Å². The molecule has 0 N–H and O–H groups in total. The van der Waals surface area contributed by atoms with Crippen molar-refractivity contribution in [3.05, 3.63) is 36.7 Å². The predicted octanol–water partition coefficient (Wildman–Crippen LogP) is 3.06. The zero-order valence-electron chi connectivity index (χ0n) is 18.4. The van der Waals surface area contributed by atoms with E-state index in [1.54, 1.807) is 4.90 Å². The normalized spacial score (nSPS) is 25.0. The Morgan fingerprint density at radius 3 is 2.39 bits per heavy atom. The van der Waals surface area contributed by atoms with Crippen molar-refractivity contribution in [2.24, 2.45) is 5.92 Å². The maximum absolute atomic E-state index is 12.9. The lowest BCUT2D eigenvalue weighted by Crippen LogP contribution is -2.43. The number of nitrogens with zero attached hydrogens (tertiary/aromatic N) is 3. The van der Waals surface area contributed by atoms with E-state index >= 15 is 0 Å². The first-order valence-corrected chi connectivity index (χ1v) is 12.8. The third-order valence-electron chi connectivity index (χ3n) is 6.14. The fourth-order valence-electron chi connectivity index (χ4n) is 4.86. The molecule has 2 saturated heterocycles. The van der Waals surface area contributed by atoms with E-state index in [4.69, 9.17) is 0 Å². The minimum absolute atomic E-state index is 0. The average molecular weight is 472 g/mol. The number of fused-ring (bicyclic) bond motifs is 1. The van der Waals surface area contributed by atoms with Crippen molar-refractivity contribution in [3.8, 4) is 0 Å². The van der Waals surface area contributed by atoms with Crippen molar-refractivity contribution in [3.63, 3.8) is 0 Å². The number of halogens is 1. The van der Waals surface area contributed by atoms with Gasteiger partial charge in [0, 0.05) is 31.9 Å². The van der Waals surface area contributed by atoms with Gasteiger partial charge in [-0.3, -0.25) is 9.59 Å². The van der Waals surface area contributed by atoms with Crippen molar-refractivity contribution >= 4 is 34.2 Å². The maximum atomic E-state index is 12.9. The molecular formula is C22H34ClN3O4S. The largest absolute Gasteiger partial charge is 0.354 e. The van der Waals surface area contributed by atoms with Crippen LogP contribution in [0.5, 0.6) is 0 Å². The summed E-state index contributed by atoms with van der Waals surface area (Å²) in [6.45, 7) is 3.43. The number of unbranched alkanes of at least 4 members (excludes halogenated alkanes) is 2. The number of hydrogen-bond acceptors (Lipinski definition) is 5. The molecule has 0 saturated carbocycles. The van der Waals surface area contributed by atoms with E-state index < -0.39 is 22.0 Å². The van der Waals surface area contributed by atoms with Crippen LogP contribution >= 0.6 is 12.4 Å². The van der Waals surface area contributed by atoms with Crippen LogP contribution in [0.2, 0.25) is 0 Å². The molecule has 9 heteroatoms. The molecule has 0 aromatic heterocycles. The standard InChI is InChI=1S/C22H33N3O4S.ClH/c1-3-11-18-21-19(25(22(18)27)30(2,28)29)13-17-24(21)20(26)12-7-6-10-16-23-14-8-4-5-9-15-23;/h4-5,8-9,14-15,18-19,21H,3,6-7,10-13,16-17H2,1-2H3;1H/t18-,19+,21-;/m1./s1. The Kier molecular flexibility index (Phi) is 9.18. The number of amides is 2. The molecule has 0 spiro atoms. The summed E-state index contributed by atoms with van der Waals surface area (Å²) in [7, 11) is -3.62. The van der Waals surface area contributed by atoms with E-state index in [1.807, 2.05) is 43.6 Å². The minimum Gasteiger partial charge on any atom is -0.354 e. The molecule has 0 aromatic rings. The van der Waals surface area contributed by atoms with Crippen LogP contribution in [0.25, 0.3) is 0 Å². The van der Waals surface area contributed by atoms with Gasteiger partial charge in [0.05, 0.1) is 24.3 Å². The molecule has 31 heavy (non-hydrogen) atoms. The molecule has 3 aliphatic rings. The van der Waals surface area contributed by atoms with Gasteiger partial charge in [-0.1, -0.05) is 31.9 Å². The molecule has 3 heterocycles. The summed E-state index contributed by atoms with van der Waals surface area (Å²) < 4.78 is 25.4. The third-order valence-corrected chi connectivity index (χ3v) is 7.31. The molecule has 3 rings (SSSR count). The lowest BCUT2D eigenvalue weighted by atomic mass is 9.94. The van der Waals surface area contributed by atoms with Crippen molar-refractivity contribution in [1.29, 1.82) is 0 Å². The van der Waals surface area contributed by atoms with Crippen LogP contribution < -0.4 is 0 Å². The molecule has 7 nitrogen and oxygen atoms in total. The minimum atomic E-state index is -3.62. The molecule has 0 aliphatic carbocycles. The molecule has 0 bridgehead atoms. The van der Waals surface area contributed by atoms with E-state index in [9.17, 15) is 18.0 Å². The zero-order valence-corrected chi connectivity index (χ0v) is 20.0. The highest BCUT2D eigenvalue weighted by Gasteiger charge is 2.56. The third kappa shape index (κ3) is 5.92. The fourth-order valence-corrected chi connectivity index (χ4v) is 6.04. The molecular weight excluding hydrogens is 438 g/mol. The van der Waals surface area contributed by atoms with Crippen molar-refractivity contribution < 1.29 is 18.0 Å². The number of hydrogen-bond donors (Lipinski definition) is 0. The van der Waals surface area contributed by atoms with Crippen LogP contribution in [0.4, 0.5) is 0 Å². The molecule has 2 fully saturated rings. The van der Waals surface area contributed by atoms with Gasteiger partial charge in [-0.05, 0) is 37.8 Å². The van der Waals surface area contributed by atoms with Gasteiger partial charge in [-0.2, -0.15) is 0 Å². The number of carbonyl (C=O) groups is 2. The molecule has 0 unspecified atom stereocenters. The van der Waals surface area contributed by atoms with Crippen LogP contribution in [0.15, 0.2) is 36.7 Å². The van der Waals surface area contributed by atoms with Crippen LogP contribution in [-0.2, 0) is 19.6 Å². The van der Waals surface area contributed by atoms with Crippen LogP contribution in [0, 0.1) is 5.92 Å². The number of likely N-dealkylation sites (tertiary alicyclic amines) is 1. The van der Waals surface area contributed by atoms with E-state index in [0.717, 1.165) is 42.8 Å². The number of sulfonamides is 1. The second kappa shape index (κ2) is 11.2. The quantitative estimate of drug-likeness (QED) is 0.483. The Labute approximate surface area is 192 Å². The second-order valence-electron chi connectivity index (χ2n) is 8.34.